The lowest BCUT2D eigenvalue weighted by molar-refractivity contribution is -0.290. The highest BCUT2D eigenvalue weighted by Gasteiger charge is 2.53. The SMILES string of the molecule is COc1cccc(OC)c1C(=O)O[C@H]1[C@H](OC(=O)Nc2ccc3c(c2)OCO3)[C@H](OC(=O)Nc2ccc3c(c2)OCO3)[C@@H](OC)O[C@@H]1CO. The molecule has 1 saturated heterocycles. The van der Waals surface area contributed by atoms with E-state index in [2.05, 4.69) is 10.6 Å². The smallest absolute Gasteiger partial charge is 0.412 e. The molecule has 0 radical (unpaired) electrons. The molecule has 3 N–H and O–H groups in total. The fraction of sp³-hybridized carbons (Fsp3) is 0.344. The van der Waals surface area contributed by atoms with E-state index in [9.17, 15) is 19.5 Å². The minimum absolute atomic E-state index is 0.0175. The van der Waals surface area contributed by atoms with Gasteiger partial charge < -0.3 is 57.2 Å². The number of ether oxygens (including phenoxy) is 11. The zero-order chi connectivity index (χ0) is 34.5. The fourth-order valence-electron chi connectivity index (χ4n) is 5.34. The van der Waals surface area contributed by atoms with Gasteiger partial charge in [-0.2, -0.15) is 0 Å². The third-order valence-corrected chi connectivity index (χ3v) is 7.60. The van der Waals surface area contributed by atoms with Crippen LogP contribution >= 0.6 is 0 Å². The largest absolute Gasteiger partial charge is 0.496 e. The molecule has 3 aromatic rings. The van der Waals surface area contributed by atoms with Gasteiger partial charge in [-0.25, -0.2) is 14.4 Å². The Hall–Kier alpha value is -5.65. The molecule has 0 bridgehead atoms. The van der Waals surface area contributed by atoms with Crippen molar-refractivity contribution in [3.05, 3.63) is 60.2 Å². The average molecular weight is 685 g/mol. The molecule has 5 atom stereocenters. The highest BCUT2D eigenvalue weighted by Crippen LogP contribution is 2.37. The van der Waals surface area contributed by atoms with Crippen molar-refractivity contribution in [1.82, 2.24) is 0 Å². The van der Waals surface area contributed by atoms with Gasteiger partial charge in [-0.1, -0.05) is 6.07 Å². The standard InChI is InChI=1S/C32H32N2O15/c1-39-20-5-4-6-21(40-2)25(20)29(36)47-26-24(13-35)46-30(41-3)28(49-32(38)34-17-8-10-19-23(12-17)45-15-43-19)27(26)48-31(37)33-16-7-9-18-22(11-16)44-14-42-18/h4-12,24,26-28,30,35H,13-15H2,1-3H3,(H,33,37)(H,34,38)/t24-,26-,27+,28+,30+/m1/s1. The molecule has 6 rings (SSSR count). The first-order valence-electron chi connectivity index (χ1n) is 14.8. The van der Waals surface area contributed by atoms with E-state index in [0.29, 0.717) is 23.0 Å². The summed E-state index contributed by atoms with van der Waals surface area (Å²) in [7, 11) is 3.95. The molecule has 0 unspecified atom stereocenters. The first-order chi connectivity index (χ1) is 23.8. The summed E-state index contributed by atoms with van der Waals surface area (Å²) in [6.45, 7) is -0.678. The van der Waals surface area contributed by atoms with Crippen LogP contribution in [0.3, 0.4) is 0 Å². The van der Waals surface area contributed by atoms with Gasteiger partial charge in [0.25, 0.3) is 0 Å². The number of nitrogens with one attached hydrogen (secondary N) is 2. The van der Waals surface area contributed by atoms with E-state index in [1.807, 2.05) is 0 Å². The first-order valence-corrected chi connectivity index (χ1v) is 14.8. The Morgan fingerprint density at radius 1 is 0.714 bits per heavy atom. The summed E-state index contributed by atoms with van der Waals surface area (Å²) in [5, 5.41) is 15.5. The molecular formula is C32H32N2O15. The number of hydrogen-bond acceptors (Lipinski definition) is 15. The average Bonchev–Trinajstić information content (AvgIpc) is 3.78. The van der Waals surface area contributed by atoms with Crippen LogP contribution in [-0.4, -0.2) is 95.5 Å². The third-order valence-electron chi connectivity index (χ3n) is 7.60. The molecule has 1 fully saturated rings. The highest BCUT2D eigenvalue weighted by molar-refractivity contribution is 5.96. The van der Waals surface area contributed by atoms with Crippen LogP contribution in [0.5, 0.6) is 34.5 Å². The molecule has 3 heterocycles. The fourth-order valence-corrected chi connectivity index (χ4v) is 5.34. The number of benzene rings is 3. The minimum Gasteiger partial charge on any atom is -0.496 e. The van der Waals surface area contributed by atoms with E-state index in [1.54, 1.807) is 30.3 Å². The number of fused-ring (bicyclic) bond motifs is 2. The monoisotopic (exact) mass is 684 g/mol. The number of aliphatic hydroxyl groups is 1. The molecule has 0 aliphatic carbocycles. The van der Waals surface area contributed by atoms with Gasteiger partial charge >= 0.3 is 18.2 Å². The quantitative estimate of drug-likeness (QED) is 0.208. The number of anilines is 2. The molecule has 0 aromatic heterocycles. The van der Waals surface area contributed by atoms with Crippen molar-refractivity contribution in [1.29, 1.82) is 0 Å². The van der Waals surface area contributed by atoms with Crippen molar-refractivity contribution in [2.75, 3.05) is 52.2 Å². The molecule has 17 nitrogen and oxygen atoms in total. The van der Waals surface area contributed by atoms with E-state index < -0.39 is 55.5 Å². The van der Waals surface area contributed by atoms with Gasteiger partial charge in [-0.15, -0.1) is 0 Å². The van der Waals surface area contributed by atoms with Crippen LogP contribution < -0.4 is 39.1 Å². The van der Waals surface area contributed by atoms with Gasteiger partial charge in [-0.3, -0.25) is 10.6 Å². The lowest BCUT2D eigenvalue weighted by Gasteiger charge is -2.43. The Bertz CT molecular complexity index is 1680. The van der Waals surface area contributed by atoms with Crippen molar-refractivity contribution < 1.29 is 71.6 Å². The van der Waals surface area contributed by atoms with Gasteiger partial charge in [-0.05, 0) is 36.4 Å². The molecule has 3 aliphatic rings. The zero-order valence-electron chi connectivity index (χ0n) is 26.4. The Labute approximate surface area is 278 Å². The Morgan fingerprint density at radius 3 is 1.76 bits per heavy atom. The third kappa shape index (κ3) is 7.13. The van der Waals surface area contributed by atoms with Crippen LogP contribution in [0, 0.1) is 0 Å². The Morgan fingerprint density at radius 2 is 1.24 bits per heavy atom. The zero-order valence-corrected chi connectivity index (χ0v) is 26.4. The second kappa shape index (κ2) is 14.6. The Balaban J connectivity index is 1.29. The van der Waals surface area contributed by atoms with E-state index in [-0.39, 0.29) is 42.0 Å². The number of carbonyl (C=O) groups excluding carboxylic acids is 3. The maximum Gasteiger partial charge on any atom is 0.412 e. The van der Waals surface area contributed by atoms with Crippen LogP contribution in [0.15, 0.2) is 54.6 Å². The summed E-state index contributed by atoms with van der Waals surface area (Å²) in [5.74, 6) is 1.02. The molecule has 17 heteroatoms. The summed E-state index contributed by atoms with van der Waals surface area (Å²) in [6.07, 6.45) is -9.52. The van der Waals surface area contributed by atoms with Crippen molar-refractivity contribution in [2.45, 2.75) is 30.7 Å². The molecule has 3 aromatic carbocycles. The van der Waals surface area contributed by atoms with Crippen LogP contribution in [0.4, 0.5) is 21.0 Å². The number of rotatable bonds is 10. The van der Waals surface area contributed by atoms with Gasteiger partial charge in [0, 0.05) is 30.6 Å². The topological polar surface area (TPSA) is 197 Å². The molecule has 0 spiro atoms. The highest BCUT2D eigenvalue weighted by atomic mass is 16.7. The summed E-state index contributed by atoms with van der Waals surface area (Å²) in [6, 6.07) is 14.0. The van der Waals surface area contributed by atoms with Crippen molar-refractivity contribution >= 4 is 29.5 Å². The second-order valence-corrected chi connectivity index (χ2v) is 10.5. The van der Waals surface area contributed by atoms with Crippen molar-refractivity contribution in [3.8, 4) is 34.5 Å². The van der Waals surface area contributed by atoms with E-state index >= 15 is 0 Å². The molecule has 49 heavy (non-hydrogen) atoms. The second-order valence-electron chi connectivity index (χ2n) is 10.5. The number of aliphatic hydroxyl groups excluding tert-OH is 1. The van der Waals surface area contributed by atoms with Gasteiger partial charge in [0.1, 0.15) is 23.2 Å². The number of methoxy groups -OCH3 is 3. The molecule has 260 valence electrons. The Kier molecular flexibility index (Phi) is 9.93. The maximum atomic E-state index is 13.7. The van der Waals surface area contributed by atoms with E-state index in [0.717, 1.165) is 0 Å². The number of esters is 1. The number of amides is 2. The maximum absolute atomic E-state index is 13.7. The van der Waals surface area contributed by atoms with Crippen molar-refractivity contribution in [3.63, 3.8) is 0 Å². The van der Waals surface area contributed by atoms with Gasteiger partial charge in [0.05, 0.1) is 20.8 Å². The summed E-state index contributed by atoms with van der Waals surface area (Å²) in [4.78, 5) is 40.3. The predicted octanol–water partition coefficient (Wildman–Crippen LogP) is 3.28. The molecule has 3 aliphatic heterocycles. The number of hydrogen-bond donors (Lipinski definition) is 3. The normalized spacial score (nSPS) is 21.7. The summed E-state index contributed by atoms with van der Waals surface area (Å²) >= 11 is 0. The van der Waals surface area contributed by atoms with Crippen LogP contribution in [0.1, 0.15) is 10.4 Å². The lowest BCUT2D eigenvalue weighted by Crippen LogP contribution is -2.63. The minimum atomic E-state index is -1.61. The lowest BCUT2D eigenvalue weighted by atomic mass is 9.98. The van der Waals surface area contributed by atoms with Crippen LogP contribution in [-0.2, 0) is 23.7 Å². The van der Waals surface area contributed by atoms with Crippen molar-refractivity contribution in [2.24, 2.45) is 0 Å². The first kappa shape index (κ1) is 33.3. The van der Waals surface area contributed by atoms with Gasteiger partial charge in [0.15, 0.2) is 47.6 Å². The van der Waals surface area contributed by atoms with Crippen LogP contribution in [0.25, 0.3) is 0 Å². The van der Waals surface area contributed by atoms with E-state index in [1.165, 1.54) is 45.6 Å². The van der Waals surface area contributed by atoms with Gasteiger partial charge in [0.2, 0.25) is 13.6 Å². The predicted molar refractivity (Wildman–Crippen MR) is 164 cm³/mol. The summed E-state index contributed by atoms with van der Waals surface area (Å²) in [5.41, 5.74) is 0.464. The molecule has 2 amide bonds. The summed E-state index contributed by atoms with van der Waals surface area (Å²) < 4.78 is 60.7. The number of carbonyl (C=O) groups is 3. The van der Waals surface area contributed by atoms with E-state index in [4.69, 9.17) is 52.1 Å². The molecular weight excluding hydrogens is 652 g/mol. The van der Waals surface area contributed by atoms with Crippen LogP contribution in [0.2, 0.25) is 0 Å². The molecule has 0 saturated carbocycles.